The lowest BCUT2D eigenvalue weighted by molar-refractivity contribution is -0.116. The summed E-state index contributed by atoms with van der Waals surface area (Å²) in [5.74, 6) is -0.689. The Morgan fingerprint density at radius 3 is 2.36 bits per heavy atom. The zero-order chi connectivity index (χ0) is 27.7. The Morgan fingerprint density at radius 1 is 0.949 bits per heavy atom. The van der Waals surface area contributed by atoms with Crippen LogP contribution in [0.2, 0.25) is 0 Å². The minimum absolute atomic E-state index is 0.111. The predicted molar refractivity (Wildman–Crippen MR) is 148 cm³/mol. The Balaban J connectivity index is 1.55. The highest BCUT2D eigenvalue weighted by Gasteiger charge is 2.42. The van der Waals surface area contributed by atoms with Crippen LogP contribution in [0, 0.1) is 12.7 Å². The zero-order valence-electron chi connectivity index (χ0n) is 22.4. The highest BCUT2D eigenvalue weighted by Crippen LogP contribution is 2.47. The van der Waals surface area contributed by atoms with Crippen molar-refractivity contribution in [2.75, 3.05) is 19.5 Å². The summed E-state index contributed by atoms with van der Waals surface area (Å²) < 4.78 is 26.1. The number of ketones is 1. The number of amides is 1. The third kappa shape index (κ3) is 5.04. The van der Waals surface area contributed by atoms with Crippen LogP contribution in [0.4, 0.5) is 10.1 Å². The molecule has 1 aliphatic carbocycles. The van der Waals surface area contributed by atoms with Crippen LogP contribution in [-0.2, 0) is 9.59 Å². The van der Waals surface area contributed by atoms with Gasteiger partial charge >= 0.3 is 0 Å². The molecule has 3 aromatic rings. The van der Waals surface area contributed by atoms with Crippen LogP contribution in [0.5, 0.6) is 11.5 Å². The van der Waals surface area contributed by atoms with Crippen molar-refractivity contribution in [3.05, 3.63) is 112 Å². The minimum atomic E-state index is -0.827. The average Bonchev–Trinajstić information content (AvgIpc) is 2.93. The highest BCUT2D eigenvalue weighted by atomic mass is 19.1. The fraction of sp³-hybridized carbons (Fsp3) is 0.250. The van der Waals surface area contributed by atoms with Gasteiger partial charge in [-0.3, -0.25) is 9.59 Å². The Hall–Kier alpha value is -4.39. The molecular weight excluding hydrogens is 495 g/mol. The molecule has 2 N–H and O–H groups in total. The Labute approximate surface area is 227 Å². The van der Waals surface area contributed by atoms with Crippen molar-refractivity contribution in [1.29, 1.82) is 0 Å². The quantitative estimate of drug-likeness (QED) is 0.403. The van der Waals surface area contributed by atoms with E-state index in [-0.39, 0.29) is 24.0 Å². The molecule has 1 heterocycles. The second-order valence-corrected chi connectivity index (χ2v) is 9.97. The van der Waals surface area contributed by atoms with Crippen LogP contribution in [0.15, 0.2) is 89.3 Å². The molecule has 0 saturated heterocycles. The van der Waals surface area contributed by atoms with Gasteiger partial charge in [-0.25, -0.2) is 4.39 Å². The topological polar surface area (TPSA) is 76.7 Å². The second-order valence-electron chi connectivity index (χ2n) is 9.97. The van der Waals surface area contributed by atoms with Crippen molar-refractivity contribution in [3.63, 3.8) is 0 Å². The summed E-state index contributed by atoms with van der Waals surface area (Å²) in [7, 11) is 3.16. The lowest BCUT2D eigenvalue weighted by atomic mass is 9.71. The van der Waals surface area contributed by atoms with Crippen LogP contribution >= 0.6 is 0 Å². The molecule has 2 aliphatic rings. The minimum Gasteiger partial charge on any atom is -0.493 e. The van der Waals surface area contributed by atoms with Crippen molar-refractivity contribution in [2.24, 2.45) is 0 Å². The summed E-state index contributed by atoms with van der Waals surface area (Å²) >= 11 is 0. The van der Waals surface area contributed by atoms with E-state index in [2.05, 4.69) is 10.6 Å². The number of nitrogens with one attached hydrogen (secondary N) is 2. The Morgan fingerprint density at radius 2 is 1.67 bits per heavy atom. The third-order valence-electron chi connectivity index (χ3n) is 7.48. The van der Waals surface area contributed by atoms with Gasteiger partial charge in [-0.15, -0.1) is 0 Å². The van der Waals surface area contributed by atoms with Crippen LogP contribution in [0.25, 0.3) is 0 Å². The number of ether oxygens (including phenoxy) is 2. The van der Waals surface area contributed by atoms with Crippen molar-refractivity contribution in [2.45, 2.75) is 38.5 Å². The summed E-state index contributed by atoms with van der Waals surface area (Å²) in [6, 6.07) is 19.5. The number of allylic oxidation sites excluding steroid dienone is 3. The number of hydrogen-bond donors (Lipinski definition) is 2. The number of Topliss-reactive ketones (excluding diaryl/α,β-unsaturated/α-hetero) is 1. The van der Waals surface area contributed by atoms with Gasteiger partial charge in [0.25, 0.3) is 5.91 Å². The van der Waals surface area contributed by atoms with E-state index >= 15 is 4.39 Å². The number of halogens is 1. The van der Waals surface area contributed by atoms with Gasteiger partial charge in [0.15, 0.2) is 17.3 Å². The second kappa shape index (κ2) is 10.8. The normalized spacial score (nSPS) is 18.8. The van der Waals surface area contributed by atoms with E-state index in [4.69, 9.17) is 9.47 Å². The molecule has 2 atom stereocenters. The lowest BCUT2D eigenvalue weighted by Crippen LogP contribution is -2.37. The maximum Gasteiger partial charge on any atom is 0.254 e. The number of aryl methyl sites for hydroxylation is 1. The maximum absolute atomic E-state index is 15.3. The number of dihydropyridines is 1. The van der Waals surface area contributed by atoms with Crippen LogP contribution in [0.3, 0.4) is 0 Å². The lowest BCUT2D eigenvalue weighted by Gasteiger charge is -2.37. The van der Waals surface area contributed by atoms with Crippen molar-refractivity contribution in [1.82, 2.24) is 5.32 Å². The molecule has 0 bridgehead atoms. The van der Waals surface area contributed by atoms with Gasteiger partial charge in [0.05, 0.1) is 14.2 Å². The highest BCUT2D eigenvalue weighted by molar-refractivity contribution is 6.10. The number of benzene rings is 3. The molecule has 0 fully saturated rings. The van der Waals surface area contributed by atoms with Crippen molar-refractivity contribution in [3.8, 4) is 11.5 Å². The summed E-state index contributed by atoms with van der Waals surface area (Å²) in [5, 5.41) is 6.28. The molecule has 0 unspecified atom stereocenters. The van der Waals surface area contributed by atoms with Gasteiger partial charge < -0.3 is 20.1 Å². The van der Waals surface area contributed by atoms with Gasteiger partial charge in [-0.05, 0) is 62.1 Å². The van der Waals surface area contributed by atoms with Gasteiger partial charge in [0, 0.05) is 46.1 Å². The first kappa shape index (κ1) is 26.2. The molecule has 1 aliphatic heterocycles. The van der Waals surface area contributed by atoms with E-state index in [0.29, 0.717) is 51.7 Å². The van der Waals surface area contributed by atoms with E-state index in [1.54, 1.807) is 39.3 Å². The average molecular weight is 527 g/mol. The van der Waals surface area contributed by atoms with Gasteiger partial charge in [0.1, 0.15) is 5.82 Å². The van der Waals surface area contributed by atoms with Crippen molar-refractivity contribution >= 4 is 17.4 Å². The number of hydrogen-bond acceptors (Lipinski definition) is 5. The number of rotatable bonds is 6. The SMILES string of the molecule is COc1ccc([C@H]2CC(=O)C3=C(C2)NC(C)=C(C(=O)Nc2ccc(C)cc2)[C@H]3c2ccccc2F)cc1OC. The van der Waals surface area contributed by atoms with E-state index in [1.807, 2.05) is 49.4 Å². The molecule has 5 rings (SSSR count). The molecule has 39 heavy (non-hydrogen) atoms. The first-order valence-corrected chi connectivity index (χ1v) is 12.9. The fourth-order valence-corrected chi connectivity index (χ4v) is 5.54. The standard InChI is InChI=1S/C32H31FN2O4/c1-18-9-12-22(13-10-18)35-32(37)29-19(2)34-25-15-21(20-11-14-27(38-3)28(17-20)39-4)16-26(36)31(25)30(29)23-7-5-6-8-24(23)33/h5-14,17,21,30,34H,15-16H2,1-4H3,(H,35,37)/t21-,30-/m1/s1. The molecule has 0 saturated carbocycles. The monoisotopic (exact) mass is 526 g/mol. The fourth-order valence-electron chi connectivity index (χ4n) is 5.54. The molecule has 0 aromatic heterocycles. The number of carbonyl (C=O) groups is 2. The van der Waals surface area contributed by atoms with Crippen LogP contribution in [-0.4, -0.2) is 25.9 Å². The van der Waals surface area contributed by atoms with E-state index in [1.165, 1.54) is 6.07 Å². The number of methoxy groups -OCH3 is 2. The van der Waals surface area contributed by atoms with E-state index < -0.39 is 11.7 Å². The predicted octanol–water partition coefficient (Wildman–Crippen LogP) is 6.15. The number of anilines is 1. The molecule has 3 aromatic carbocycles. The summed E-state index contributed by atoms with van der Waals surface area (Å²) in [6.07, 6.45) is 0.762. The molecule has 1 amide bonds. The molecule has 0 spiro atoms. The zero-order valence-corrected chi connectivity index (χ0v) is 22.4. The Kier molecular flexibility index (Phi) is 7.24. The molecule has 200 valence electrons. The molecule has 7 heteroatoms. The maximum atomic E-state index is 15.3. The molecule has 0 radical (unpaired) electrons. The van der Waals surface area contributed by atoms with Gasteiger partial charge in [-0.2, -0.15) is 0 Å². The molecule has 6 nitrogen and oxygen atoms in total. The number of carbonyl (C=O) groups excluding carboxylic acids is 2. The van der Waals surface area contributed by atoms with E-state index in [9.17, 15) is 9.59 Å². The first-order valence-electron chi connectivity index (χ1n) is 12.9. The van der Waals surface area contributed by atoms with Gasteiger partial charge in [0.2, 0.25) is 0 Å². The third-order valence-corrected chi connectivity index (χ3v) is 7.48. The van der Waals surface area contributed by atoms with Crippen molar-refractivity contribution < 1.29 is 23.5 Å². The molecular formula is C32H31FN2O4. The first-order chi connectivity index (χ1) is 18.8. The van der Waals surface area contributed by atoms with Gasteiger partial charge in [-0.1, -0.05) is 42.0 Å². The summed E-state index contributed by atoms with van der Waals surface area (Å²) in [6.45, 7) is 3.77. The smallest absolute Gasteiger partial charge is 0.254 e. The Bertz CT molecular complexity index is 1510. The summed E-state index contributed by atoms with van der Waals surface area (Å²) in [5.41, 5.74) is 5.02. The largest absolute Gasteiger partial charge is 0.493 e. The van der Waals surface area contributed by atoms with Crippen LogP contribution < -0.4 is 20.1 Å². The van der Waals surface area contributed by atoms with E-state index in [0.717, 1.165) is 11.1 Å². The summed E-state index contributed by atoms with van der Waals surface area (Å²) in [4.78, 5) is 27.5. The van der Waals surface area contributed by atoms with Crippen LogP contribution in [0.1, 0.15) is 48.3 Å².